The van der Waals surface area contributed by atoms with Gasteiger partial charge in [0.15, 0.2) is 5.78 Å². The Morgan fingerprint density at radius 1 is 1.22 bits per heavy atom. The summed E-state index contributed by atoms with van der Waals surface area (Å²) in [5.74, 6) is -0.0137. The molecular formula is C23H24FN5O3. The van der Waals surface area contributed by atoms with Gasteiger partial charge in [-0.05, 0) is 49.9 Å². The first-order valence-corrected chi connectivity index (χ1v) is 10.7. The number of rotatable bonds is 3. The van der Waals surface area contributed by atoms with Crippen LogP contribution in [-0.2, 0) is 7.05 Å². The number of carbonyl (C=O) groups is 2. The molecule has 1 saturated heterocycles. The number of aromatic amines is 1. The predicted octanol–water partition coefficient (Wildman–Crippen LogP) is 3.14. The van der Waals surface area contributed by atoms with Gasteiger partial charge in [-0.1, -0.05) is 0 Å². The van der Waals surface area contributed by atoms with E-state index in [1.807, 2.05) is 20.2 Å². The van der Waals surface area contributed by atoms with Gasteiger partial charge in [-0.25, -0.2) is 4.39 Å². The number of benzene rings is 1. The van der Waals surface area contributed by atoms with Crippen molar-refractivity contribution in [3.8, 4) is 17.0 Å². The minimum absolute atomic E-state index is 0.0924. The Morgan fingerprint density at radius 3 is 2.72 bits per heavy atom. The third-order valence-corrected chi connectivity index (χ3v) is 6.36. The van der Waals surface area contributed by atoms with Crippen LogP contribution in [0.2, 0.25) is 0 Å². The maximum atomic E-state index is 13.4. The van der Waals surface area contributed by atoms with Crippen LogP contribution in [0.1, 0.15) is 45.8 Å². The number of piperidine rings is 1. The summed E-state index contributed by atoms with van der Waals surface area (Å²) in [7, 11) is 1.85. The van der Waals surface area contributed by atoms with Crippen LogP contribution in [-0.4, -0.2) is 55.8 Å². The zero-order valence-electron chi connectivity index (χ0n) is 18.0. The molecule has 1 amide bonds. The van der Waals surface area contributed by atoms with E-state index in [0.29, 0.717) is 35.8 Å². The fourth-order valence-electron chi connectivity index (χ4n) is 4.65. The fraction of sp³-hybridized carbons (Fsp3) is 0.391. The van der Waals surface area contributed by atoms with Gasteiger partial charge in [0.25, 0.3) is 5.91 Å². The molecule has 1 atom stereocenters. The molecule has 2 aliphatic heterocycles. The first-order chi connectivity index (χ1) is 15.4. The van der Waals surface area contributed by atoms with Gasteiger partial charge < -0.3 is 9.64 Å². The summed E-state index contributed by atoms with van der Waals surface area (Å²) in [5, 5.41) is 11.5. The summed E-state index contributed by atoms with van der Waals surface area (Å²) in [5.41, 5.74) is 3.19. The minimum atomic E-state index is -0.438. The van der Waals surface area contributed by atoms with Crippen LogP contribution >= 0.6 is 0 Å². The van der Waals surface area contributed by atoms with E-state index in [2.05, 4.69) is 15.3 Å². The number of H-pyrrole nitrogens is 1. The van der Waals surface area contributed by atoms with Crippen molar-refractivity contribution >= 4 is 11.7 Å². The zero-order valence-corrected chi connectivity index (χ0v) is 18.0. The van der Waals surface area contributed by atoms with Gasteiger partial charge in [-0.3, -0.25) is 19.4 Å². The van der Waals surface area contributed by atoms with E-state index >= 15 is 0 Å². The van der Waals surface area contributed by atoms with Crippen LogP contribution in [0.3, 0.4) is 0 Å². The van der Waals surface area contributed by atoms with Gasteiger partial charge >= 0.3 is 0 Å². The largest absolute Gasteiger partial charge is 0.489 e. The Labute approximate surface area is 184 Å². The van der Waals surface area contributed by atoms with Crippen LogP contribution in [0.25, 0.3) is 11.3 Å². The van der Waals surface area contributed by atoms with Crippen molar-refractivity contribution in [2.45, 2.75) is 32.3 Å². The normalized spacial score (nSPS) is 19.0. The molecule has 2 aliphatic rings. The number of ketones is 1. The second-order valence-corrected chi connectivity index (χ2v) is 8.52. The molecule has 5 rings (SSSR count). The molecule has 0 spiro atoms. The van der Waals surface area contributed by atoms with E-state index in [-0.39, 0.29) is 30.1 Å². The van der Waals surface area contributed by atoms with E-state index < -0.39 is 5.82 Å². The second kappa shape index (κ2) is 7.89. The Hall–Kier alpha value is -3.49. The number of hydrogen-bond donors (Lipinski definition) is 1. The second-order valence-electron chi connectivity index (χ2n) is 8.52. The van der Waals surface area contributed by atoms with Gasteiger partial charge in [0.2, 0.25) is 0 Å². The molecule has 0 radical (unpaired) electrons. The number of amides is 1. The molecule has 1 N–H and O–H groups in total. The van der Waals surface area contributed by atoms with Gasteiger partial charge in [0, 0.05) is 38.3 Å². The lowest BCUT2D eigenvalue weighted by atomic mass is 9.86. The van der Waals surface area contributed by atoms with E-state index in [9.17, 15) is 14.0 Å². The Kier molecular flexibility index (Phi) is 5.03. The maximum Gasteiger partial charge on any atom is 0.271 e. The van der Waals surface area contributed by atoms with Crippen molar-refractivity contribution in [2.24, 2.45) is 13.0 Å². The maximum absolute atomic E-state index is 13.4. The van der Waals surface area contributed by atoms with Gasteiger partial charge in [0.1, 0.15) is 23.4 Å². The monoisotopic (exact) mass is 437 g/mol. The third kappa shape index (κ3) is 3.68. The number of likely N-dealkylation sites (tertiary alicyclic amines) is 1. The number of hydrogen-bond acceptors (Lipinski definition) is 5. The standard InChI is InChI=1S/C23H24FN5O3/c1-13-17(12-28(2)27-13)18-10-19(26-25-18)23(31)29-7-5-14(6-8-29)22-11-20(30)16-9-15(24)3-4-21(16)32-22/h3-4,9-10,12,14,22H,5-8,11H2,1-2H3,(H,25,26). The minimum Gasteiger partial charge on any atom is -0.489 e. The summed E-state index contributed by atoms with van der Waals surface area (Å²) >= 11 is 0. The average molecular weight is 437 g/mol. The number of ether oxygens (including phenoxy) is 1. The molecule has 32 heavy (non-hydrogen) atoms. The summed E-state index contributed by atoms with van der Waals surface area (Å²) in [4.78, 5) is 27.2. The quantitative estimate of drug-likeness (QED) is 0.680. The number of Topliss-reactive ketones (excluding diaryl/α,β-unsaturated/α-hetero) is 1. The summed E-state index contributed by atoms with van der Waals surface area (Å²) in [6.07, 6.45) is 3.35. The van der Waals surface area contributed by atoms with Crippen LogP contribution < -0.4 is 4.74 Å². The van der Waals surface area contributed by atoms with E-state index in [0.717, 1.165) is 24.1 Å². The van der Waals surface area contributed by atoms with Crippen molar-refractivity contribution in [3.05, 3.63) is 53.2 Å². The average Bonchev–Trinajstić information content (AvgIpc) is 3.39. The lowest BCUT2D eigenvalue weighted by Crippen LogP contribution is -2.44. The zero-order chi connectivity index (χ0) is 22.4. The lowest BCUT2D eigenvalue weighted by molar-refractivity contribution is 0.0448. The van der Waals surface area contributed by atoms with Crippen LogP contribution in [0.4, 0.5) is 4.39 Å². The molecular weight excluding hydrogens is 413 g/mol. The molecule has 1 aromatic carbocycles. The molecule has 4 heterocycles. The molecule has 0 bridgehead atoms. The molecule has 8 nitrogen and oxygen atoms in total. The topological polar surface area (TPSA) is 93.1 Å². The highest BCUT2D eigenvalue weighted by molar-refractivity contribution is 6.00. The first-order valence-electron chi connectivity index (χ1n) is 10.7. The van der Waals surface area contributed by atoms with Gasteiger partial charge in [-0.15, -0.1) is 0 Å². The molecule has 0 saturated carbocycles. The number of halogens is 1. The molecule has 166 valence electrons. The number of fused-ring (bicyclic) bond motifs is 1. The van der Waals surface area contributed by atoms with E-state index in [4.69, 9.17) is 4.74 Å². The lowest BCUT2D eigenvalue weighted by Gasteiger charge is -2.37. The summed E-state index contributed by atoms with van der Waals surface area (Å²) in [6.45, 7) is 3.06. The molecule has 1 fully saturated rings. The summed E-state index contributed by atoms with van der Waals surface area (Å²) in [6, 6.07) is 5.83. The number of nitrogens with one attached hydrogen (secondary N) is 1. The fourth-order valence-corrected chi connectivity index (χ4v) is 4.65. The summed E-state index contributed by atoms with van der Waals surface area (Å²) < 4.78 is 21.2. The molecule has 1 unspecified atom stereocenters. The number of aryl methyl sites for hydroxylation is 2. The van der Waals surface area contributed by atoms with Crippen molar-refractivity contribution in [2.75, 3.05) is 13.1 Å². The number of carbonyl (C=O) groups excluding carboxylic acids is 2. The Balaban J connectivity index is 1.23. The van der Waals surface area contributed by atoms with Gasteiger partial charge in [-0.2, -0.15) is 10.2 Å². The van der Waals surface area contributed by atoms with Crippen LogP contribution in [0, 0.1) is 18.7 Å². The highest BCUT2D eigenvalue weighted by Crippen LogP contribution is 2.34. The van der Waals surface area contributed by atoms with Crippen molar-refractivity contribution in [1.82, 2.24) is 24.9 Å². The van der Waals surface area contributed by atoms with E-state index in [1.54, 1.807) is 15.6 Å². The van der Waals surface area contributed by atoms with Gasteiger partial charge in [0.05, 0.1) is 17.0 Å². The molecule has 3 aromatic rings. The van der Waals surface area contributed by atoms with Crippen LogP contribution in [0.5, 0.6) is 5.75 Å². The van der Waals surface area contributed by atoms with E-state index in [1.165, 1.54) is 18.2 Å². The van der Waals surface area contributed by atoms with Crippen molar-refractivity contribution in [3.63, 3.8) is 0 Å². The number of aromatic nitrogens is 4. The SMILES string of the molecule is Cc1nn(C)cc1-c1cc(C(=O)N2CCC(C3CC(=O)c4cc(F)ccc4O3)CC2)[nH]n1. The third-order valence-electron chi connectivity index (χ3n) is 6.36. The molecule has 0 aliphatic carbocycles. The van der Waals surface area contributed by atoms with Crippen molar-refractivity contribution < 1.29 is 18.7 Å². The predicted molar refractivity (Wildman–Crippen MR) is 114 cm³/mol. The number of nitrogens with zero attached hydrogens (tertiary/aromatic N) is 4. The first kappa shape index (κ1) is 20.4. The molecule has 9 heteroatoms. The van der Waals surface area contributed by atoms with Crippen molar-refractivity contribution in [1.29, 1.82) is 0 Å². The van der Waals surface area contributed by atoms with Crippen LogP contribution in [0.15, 0.2) is 30.5 Å². The smallest absolute Gasteiger partial charge is 0.271 e. The Bertz CT molecular complexity index is 1190. The Morgan fingerprint density at radius 2 is 2.00 bits per heavy atom. The highest BCUT2D eigenvalue weighted by atomic mass is 19.1. The molecule has 2 aromatic heterocycles. The highest BCUT2D eigenvalue weighted by Gasteiger charge is 2.35.